The average molecular weight is 467 g/mol. The van der Waals surface area contributed by atoms with Crippen LogP contribution in [-0.2, 0) is 10.0 Å². The van der Waals surface area contributed by atoms with Crippen LogP contribution in [0.5, 0.6) is 11.5 Å². The molecular formula is C21H23ClN2O4S2. The first-order chi connectivity index (χ1) is 14.2. The summed E-state index contributed by atoms with van der Waals surface area (Å²) in [6.07, 6.45) is 0. The number of hydrogen-bond donors (Lipinski definition) is 1. The third kappa shape index (κ3) is 4.55. The highest BCUT2D eigenvalue weighted by Crippen LogP contribution is 2.38. The lowest BCUT2D eigenvalue weighted by atomic mass is 10.0. The van der Waals surface area contributed by atoms with E-state index >= 15 is 0 Å². The van der Waals surface area contributed by atoms with Gasteiger partial charge in [-0.3, -0.25) is 4.72 Å². The fraction of sp³-hybridized carbons (Fsp3) is 0.286. The zero-order chi connectivity index (χ0) is 22.1. The number of thiazole rings is 1. The molecule has 6 nitrogen and oxygen atoms in total. The molecule has 0 aliphatic carbocycles. The van der Waals surface area contributed by atoms with Crippen LogP contribution in [0.2, 0.25) is 5.02 Å². The lowest BCUT2D eigenvalue weighted by Crippen LogP contribution is -2.16. The van der Waals surface area contributed by atoms with Crippen molar-refractivity contribution in [1.82, 2.24) is 4.98 Å². The Balaban J connectivity index is 2.10. The third-order valence-corrected chi connectivity index (χ3v) is 7.05. The lowest BCUT2D eigenvalue weighted by Gasteiger charge is -2.18. The first-order valence-corrected chi connectivity index (χ1v) is 11.9. The molecule has 0 aliphatic heterocycles. The number of ether oxygens (including phenoxy) is 2. The summed E-state index contributed by atoms with van der Waals surface area (Å²) in [7, 11) is -1.01. The van der Waals surface area contributed by atoms with E-state index in [1.807, 2.05) is 38.3 Å². The molecular weight excluding hydrogens is 444 g/mol. The highest BCUT2D eigenvalue weighted by molar-refractivity contribution is 7.92. The second-order valence-corrected chi connectivity index (χ2v) is 10.1. The summed E-state index contributed by atoms with van der Waals surface area (Å²) in [5, 5.41) is 3.10. The van der Waals surface area contributed by atoms with Gasteiger partial charge in [-0.05, 0) is 30.5 Å². The van der Waals surface area contributed by atoms with Gasteiger partial charge in [-0.25, -0.2) is 13.4 Å². The molecule has 0 bridgehead atoms. The number of halogens is 1. The van der Waals surface area contributed by atoms with Crippen molar-refractivity contribution in [3.8, 4) is 22.8 Å². The Labute approximate surface area is 185 Å². The van der Waals surface area contributed by atoms with Crippen molar-refractivity contribution in [2.75, 3.05) is 18.9 Å². The minimum absolute atomic E-state index is 0.00384. The van der Waals surface area contributed by atoms with Crippen LogP contribution in [0.15, 0.2) is 40.6 Å². The van der Waals surface area contributed by atoms with E-state index in [2.05, 4.69) is 9.71 Å². The second kappa shape index (κ2) is 8.83. The Morgan fingerprint density at radius 2 is 1.80 bits per heavy atom. The highest BCUT2D eigenvalue weighted by Gasteiger charge is 2.24. The van der Waals surface area contributed by atoms with Crippen molar-refractivity contribution in [3.63, 3.8) is 0 Å². The molecule has 1 N–H and O–H groups in total. The van der Waals surface area contributed by atoms with E-state index in [0.717, 1.165) is 16.3 Å². The summed E-state index contributed by atoms with van der Waals surface area (Å²) in [6, 6.07) is 8.40. The number of nitrogens with zero attached hydrogens (tertiary/aromatic N) is 1. The fourth-order valence-corrected chi connectivity index (χ4v) is 5.36. The van der Waals surface area contributed by atoms with E-state index in [-0.39, 0.29) is 21.5 Å². The second-order valence-electron chi connectivity index (χ2n) is 6.95. The van der Waals surface area contributed by atoms with Crippen LogP contribution in [0.4, 0.5) is 5.69 Å². The van der Waals surface area contributed by atoms with Crippen LogP contribution in [0.25, 0.3) is 11.3 Å². The summed E-state index contributed by atoms with van der Waals surface area (Å²) >= 11 is 7.72. The first kappa shape index (κ1) is 22.4. The maximum atomic E-state index is 13.4. The molecule has 0 radical (unpaired) electrons. The predicted octanol–water partition coefficient (Wildman–Crippen LogP) is 5.71. The standard InChI is InChI=1S/C21H23ClN2O4S2/c1-12(2)15-7-6-14(18-11-29-13(3)23-18)8-21(15)30(25,26)24-17-9-16(22)19(27-4)10-20(17)28-5/h6-12,24H,1-5H3. The Hall–Kier alpha value is -2.29. The highest BCUT2D eigenvalue weighted by atomic mass is 35.5. The number of anilines is 1. The lowest BCUT2D eigenvalue weighted by molar-refractivity contribution is 0.396. The van der Waals surface area contributed by atoms with E-state index in [9.17, 15) is 8.42 Å². The smallest absolute Gasteiger partial charge is 0.262 e. The minimum atomic E-state index is -3.94. The van der Waals surface area contributed by atoms with Crippen molar-refractivity contribution >= 4 is 38.6 Å². The van der Waals surface area contributed by atoms with Gasteiger partial charge in [0.2, 0.25) is 0 Å². The van der Waals surface area contributed by atoms with Crippen molar-refractivity contribution in [2.24, 2.45) is 0 Å². The Morgan fingerprint density at radius 3 is 2.37 bits per heavy atom. The molecule has 0 unspecified atom stereocenters. The Kier molecular flexibility index (Phi) is 6.59. The van der Waals surface area contributed by atoms with Crippen LogP contribution in [-0.4, -0.2) is 27.6 Å². The van der Waals surface area contributed by atoms with Gasteiger partial charge < -0.3 is 9.47 Å². The maximum absolute atomic E-state index is 13.4. The molecule has 0 fully saturated rings. The first-order valence-electron chi connectivity index (χ1n) is 9.17. The summed E-state index contributed by atoms with van der Waals surface area (Å²) in [5.41, 5.74) is 2.42. The normalized spacial score (nSPS) is 11.6. The molecule has 1 aromatic heterocycles. The van der Waals surface area contributed by atoms with Crippen LogP contribution < -0.4 is 14.2 Å². The zero-order valence-corrected chi connectivity index (χ0v) is 19.7. The number of nitrogens with one attached hydrogen (secondary N) is 1. The van der Waals surface area contributed by atoms with Gasteiger partial charge in [-0.1, -0.05) is 37.6 Å². The number of aryl methyl sites for hydroxylation is 1. The summed E-state index contributed by atoms with van der Waals surface area (Å²) in [6.45, 7) is 5.81. The van der Waals surface area contributed by atoms with Gasteiger partial charge in [0.05, 0.1) is 40.5 Å². The summed E-state index contributed by atoms with van der Waals surface area (Å²) in [5.74, 6) is 0.696. The zero-order valence-electron chi connectivity index (χ0n) is 17.3. The van der Waals surface area contributed by atoms with E-state index < -0.39 is 10.0 Å². The third-order valence-electron chi connectivity index (χ3n) is 4.56. The van der Waals surface area contributed by atoms with E-state index in [1.54, 1.807) is 6.07 Å². The molecule has 160 valence electrons. The van der Waals surface area contributed by atoms with Crippen LogP contribution in [0.3, 0.4) is 0 Å². The summed E-state index contributed by atoms with van der Waals surface area (Å²) < 4.78 is 39.9. The molecule has 1 heterocycles. The maximum Gasteiger partial charge on any atom is 0.262 e. The molecule has 0 saturated carbocycles. The van der Waals surface area contributed by atoms with Crippen LogP contribution >= 0.6 is 22.9 Å². The fourth-order valence-electron chi connectivity index (χ4n) is 3.04. The molecule has 0 atom stereocenters. The SMILES string of the molecule is COc1cc(OC)c(NS(=O)(=O)c2cc(-c3csc(C)n3)ccc2C(C)C)cc1Cl. The van der Waals surface area contributed by atoms with Crippen LogP contribution in [0.1, 0.15) is 30.3 Å². The Morgan fingerprint density at radius 1 is 1.10 bits per heavy atom. The minimum Gasteiger partial charge on any atom is -0.495 e. The van der Waals surface area contributed by atoms with E-state index in [1.165, 1.54) is 37.7 Å². The van der Waals surface area contributed by atoms with Gasteiger partial charge in [0.15, 0.2) is 0 Å². The van der Waals surface area contributed by atoms with Crippen molar-refractivity contribution < 1.29 is 17.9 Å². The van der Waals surface area contributed by atoms with Crippen LogP contribution in [0, 0.1) is 6.92 Å². The van der Waals surface area contributed by atoms with Gasteiger partial charge in [-0.2, -0.15) is 0 Å². The van der Waals surface area contributed by atoms with Gasteiger partial charge in [-0.15, -0.1) is 11.3 Å². The largest absolute Gasteiger partial charge is 0.495 e. The molecule has 2 aromatic carbocycles. The number of hydrogen-bond acceptors (Lipinski definition) is 6. The average Bonchev–Trinajstić information content (AvgIpc) is 3.13. The molecule has 0 aliphatic rings. The number of rotatable bonds is 7. The van der Waals surface area contributed by atoms with Crippen molar-refractivity contribution in [1.29, 1.82) is 0 Å². The van der Waals surface area contributed by atoms with E-state index in [0.29, 0.717) is 17.1 Å². The molecule has 0 amide bonds. The topological polar surface area (TPSA) is 77.5 Å². The van der Waals surface area contributed by atoms with Gasteiger partial charge in [0.25, 0.3) is 10.0 Å². The molecule has 3 aromatic rings. The number of aromatic nitrogens is 1. The monoisotopic (exact) mass is 466 g/mol. The molecule has 3 rings (SSSR count). The summed E-state index contributed by atoms with van der Waals surface area (Å²) in [4.78, 5) is 4.66. The number of methoxy groups -OCH3 is 2. The molecule has 30 heavy (non-hydrogen) atoms. The van der Waals surface area contributed by atoms with Gasteiger partial charge in [0, 0.05) is 17.0 Å². The van der Waals surface area contributed by atoms with E-state index in [4.69, 9.17) is 21.1 Å². The van der Waals surface area contributed by atoms with Gasteiger partial charge >= 0.3 is 0 Å². The van der Waals surface area contributed by atoms with Crippen molar-refractivity contribution in [2.45, 2.75) is 31.6 Å². The Bertz CT molecular complexity index is 1170. The van der Waals surface area contributed by atoms with Crippen molar-refractivity contribution in [3.05, 3.63) is 51.3 Å². The predicted molar refractivity (Wildman–Crippen MR) is 122 cm³/mol. The molecule has 9 heteroatoms. The van der Waals surface area contributed by atoms with Gasteiger partial charge in [0.1, 0.15) is 11.5 Å². The number of sulfonamides is 1. The molecule has 0 saturated heterocycles. The quantitative estimate of drug-likeness (QED) is 0.482. The number of benzene rings is 2. The molecule has 0 spiro atoms.